The van der Waals surface area contributed by atoms with E-state index in [2.05, 4.69) is 11.8 Å². The summed E-state index contributed by atoms with van der Waals surface area (Å²) >= 11 is 7.44. The lowest BCUT2D eigenvalue weighted by molar-refractivity contribution is -0.145. The Hall–Kier alpha value is -0.580. The highest BCUT2D eigenvalue weighted by Gasteiger charge is 2.11. The zero-order chi connectivity index (χ0) is 13.4. The van der Waals surface area contributed by atoms with Crippen LogP contribution in [0.15, 0.2) is 12.1 Å². The van der Waals surface area contributed by atoms with Gasteiger partial charge in [-0.3, -0.25) is 9.69 Å². The van der Waals surface area contributed by atoms with E-state index in [1.165, 1.54) is 4.88 Å². The highest BCUT2D eigenvalue weighted by molar-refractivity contribution is 7.16. The van der Waals surface area contributed by atoms with Crippen molar-refractivity contribution in [2.24, 2.45) is 0 Å². The Morgan fingerprint density at radius 3 is 2.78 bits per heavy atom. The quantitative estimate of drug-likeness (QED) is 0.541. The van der Waals surface area contributed by atoms with Crippen molar-refractivity contribution in [3.8, 4) is 0 Å². The molecule has 0 amide bonds. The van der Waals surface area contributed by atoms with Gasteiger partial charge in [-0.2, -0.15) is 0 Å². The standard InChI is InChI=1S/C13H20ClNO2S/c1-3-5-8-17-13(16)10-15(4-2)9-11-6-7-12(14)18-11/h6-7H,3-5,8-10H2,1-2H3. The number of hydrogen-bond acceptors (Lipinski definition) is 4. The van der Waals surface area contributed by atoms with Crippen LogP contribution < -0.4 is 0 Å². The second-order valence-electron chi connectivity index (χ2n) is 4.08. The largest absolute Gasteiger partial charge is 0.465 e. The van der Waals surface area contributed by atoms with Crippen LogP contribution in [0.4, 0.5) is 0 Å². The van der Waals surface area contributed by atoms with Crippen molar-refractivity contribution in [1.82, 2.24) is 4.90 Å². The molecule has 0 aliphatic heterocycles. The molecule has 0 bridgehead atoms. The van der Waals surface area contributed by atoms with E-state index in [0.29, 0.717) is 13.2 Å². The summed E-state index contributed by atoms with van der Waals surface area (Å²) in [5, 5.41) is 0. The Morgan fingerprint density at radius 1 is 1.44 bits per heavy atom. The van der Waals surface area contributed by atoms with Crippen LogP contribution in [-0.4, -0.2) is 30.6 Å². The number of carbonyl (C=O) groups excluding carboxylic acids is 1. The summed E-state index contributed by atoms with van der Waals surface area (Å²) in [5.74, 6) is -0.145. The summed E-state index contributed by atoms with van der Waals surface area (Å²) in [7, 11) is 0. The smallest absolute Gasteiger partial charge is 0.320 e. The molecule has 0 fully saturated rings. The molecular formula is C13H20ClNO2S. The normalized spacial score (nSPS) is 10.9. The molecule has 1 aromatic heterocycles. The van der Waals surface area contributed by atoms with Gasteiger partial charge < -0.3 is 4.74 Å². The van der Waals surface area contributed by atoms with Crippen LogP contribution in [0.2, 0.25) is 4.34 Å². The summed E-state index contributed by atoms with van der Waals surface area (Å²) in [6.07, 6.45) is 1.97. The number of thiophene rings is 1. The third-order valence-electron chi connectivity index (χ3n) is 2.57. The number of carbonyl (C=O) groups is 1. The number of ether oxygens (including phenoxy) is 1. The molecule has 1 heterocycles. The fourth-order valence-corrected chi connectivity index (χ4v) is 2.63. The van der Waals surface area contributed by atoms with Gasteiger partial charge in [-0.05, 0) is 25.1 Å². The molecular weight excluding hydrogens is 270 g/mol. The molecule has 0 saturated carbocycles. The van der Waals surface area contributed by atoms with E-state index < -0.39 is 0 Å². The average molecular weight is 290 g/mol. The van der Waals surface area contributed by atoms with Gasteiger partial charge in [0.15, 0.2) is 0 Å². The Morgan fingerprint density at radius 2 is 2.22 bits per heavy atom. The number of rotatable bonds is 8. The third-order valence-corrected chi connectivity index (χ3v) is 3.79. The van der Waals surface area contributed by atoms with Gasteiger partial charge in [-0.15, -0.1) is 11.3 Å². The van der Waals surface area contributed by atoms with E-state index in [0.717, 1.165) is 30.3 Å². The molecule has 3 nitrogen and oxygen atoms in total. The molecule has 0 radical (unpaired) electrons. The SMILES string of the molecule is CCCCOC(=O)CN(CC)Cc1ccc(Cl)s1. The lowest BCUT2D eigenvalue weighted by Crippen LogP contribution is -2.30. The van der Waals surface area contributed by atoms with Crippen LogP contribution in [0.1, 0.15) is 31.6 Å². The van der Waals surface area contributed by atoms with E-state index in [-0.39, 0.29) is 5.97 Å². The van der Waals surface area contributed by atoms with Gasteiger partial charge in [0.1, 0.15) is 0 Å². The number of hydrogen-bond donors (Lipinski definition) is 0. The number of esters is 1. The predicted octanol–water partition coefficient (Wildman–Crippen LogP) is 3.57. The van der Waals surface area contributed by atoms with Crippen molar-refractivity contribution >= 4 is 28.9 Å². The van der Waals surface area contributed by atoms with Crippen molar-refractivity contribution in [3.05, 3.63) is 21.3 Å². The Bertz CT molecular complexity index is 368. The van der Waals surface area contributed by atoms with E-state index >= 15 is 0 Å². The summed E-state index contributed by atoms with van der Waals surface area (Å²) in [4.78, 5) is 14.8. The second kappa shape index (κ2) is 8.51. The Balaban J connectivity index is 2.34. The third kappa shape index (κ3) is 5.85. The first-order valence-electron chi connectivity index (χ1n) is 6.27. The van der Waals surface area contributed by atoms with Gasteiger partial charge in [0.2, 0.25) is 0 Å². The monoisotopic (exact) mass is 289 g/mol. The fourth-order valence-electron chi connectivity index (χ4n) is 1.50. The highest BCUT2D eigenvalue weighted by atomic mass is 35.5. The maximum absolute atomic E-state index is 11.6. The minimum atomic E-state index is -0.145. The minimum Gasteiger partial charge on any atom is -0.465 e. The molecule has 0 aliphatic rings. The molecule has 1 rings (SSSR count). The van der Waals surface area contributed by atoms with Gasteiger partial charge in [0, 0.05) is 11.4 Å². The number of nitrogens with zero attached hydrogens (tertiary/aromatic N) is 1. The molecule has 18 heavy (non-hydrogen) atoms. The van der Waals surface area contributed by atoms with Crippen molar-refractivity contribution in [2.75, 3.05) is 19.7 Å². The zero-order valence-electron chi connectivity index (χ0n) is 10.9. The van der Waals surface area contributed by atoms with Crippen LogP contribution >= 0.6 is 22.9 Å². The van der Waals surface area contributed by atoms with Crippen LogP contribution in [0.3, 0.4) is 0 Å². The first-order chi connectivity index (χ1) is 8.65. The number of halogens is 1. The Kier molecular flexibility index (Phi) is 7.32. The van der Waals surface area contributed by atoms with Gasteiger partial charge in [-0.25, -0.2) is 0 Å². The van der Waals surface area contributed by atoms with Gasteiger partial charge in [-0.1, -0.05) is 31.9 Å². The highest BCUT2D eigenvalue weighted by Crippen LogP contribution is 2.22. The summed E-state index contributed by atoms with van der Waals surface area (Å²) in [6, 6.07) is 3.88. The van der Waals surface area contributed by atoms with Gasteiger partial charge >= 0.3 is 5.97 Å². The van der Waals surface area contributed by atoms with Crippen LogP contribution in [0.5, 0.6) is 0 Å². The summed E-state index contributed by atoms with van der Waals surface area (Å²) in [6.45, 7) is 6.55. The maximum Gasteiger partial charge on any atom is 0.320 e. The van der Waals surface area contributed by atoms with Crippen molar-refractivity contribution in [1.29, 1.82) is 0 Å². The first kappa shape index (κ1) is 15.5. The number of likely N-dealkylation sites (N-methyl/N-ethyl adjacent to an activating group) is 1. The molecule has 0 saturated heterocycles. The molecule has 0 N–H and O–H groups in total. The fraction of sp³-hybridized carbons (Fsp3) is 0.615. The van der Waals surface area contributed by atoms with E-state index in [4.69, 9.17) is 16.3 Å². The lowest BCUT2D eigenvalue weighted by Gasteiger charge is -2.18. The predicted molar refractivity (Wildman–Crippen MR) is 76.1 cm³/mol. The summed E-state index contributed by atoms with van der Waals surface area (Å²) in [5.41, 5.74) is 0. The molecule has 0 atom stereocenters. The molecule has 0 spiro atoms. The maximum atomic E-state index is 11.6. The molecule has 5 heteroatoms. The Labute approximate surface area is 118 Å². The van der Waals surface area contributed by atoms with Crippen LogP contribution in [0.25, 0.3) is 0 Å². The molecule has 0 aliphatic carbocycles. The molecule has 0 unspecified atom stereocenters. The van der Waals surface area contributed by atoms with Gasteiger partial charge in [0.25, 0.3) is 0 Å². The number of unbranched alkanes of at least 4 members (excludes halogenated alkanes) is 1. The second-order valence-corrected chi connectivity index (χ2v) is 5.88. The molecule has 102 valence electrons. The lowest BCUT2D eigenvalue weighted by atomic mass is 10.3. The van der Waals surface area contributed by atoms with E-state index in [1.807, 2.05) is 19.1 Å². The molecule has 0 aromatic carbocycles. The first-order valence-corrected chi connectivity index (χ1v) is 7.47. The van der Waals surface area contributed by atoms with Crippen LogP contribution in [0, 0.1) is 0 Å². The van der Waals surface area contributed by atoms with E-state index in [1.54, 1.807) is 11.3 Å². The van der Waals surface area contributed by atoms with Gasteiger partial charge in [0.05, 0.1) is 17.5 Å². The molecule has 1 aromatic rings. The summed E-state index contributed by atoms with van der Waals surface area (Å²) < 4.78 is 5.94. The minimum absolute atomic E-state index is 0.145. The van der Waals surface area contributed by atoms with Crippen molar-refractivity contribution < 1.29 is 9.53 Å². The topological polar surface area (TPSA) is 29.5 Å². The van der Waals surface area contributed by atoms with E-state index in [9.17, 15) is 4.79 Å². The van der Waals surface area contributed by atoms with Crippen LogP contribution in [-0.2, 0) is 16.1 Å². The zero-order valence-corrected chi connectivity index (χ0v) is 12.5. The van der Waals surface area contributed by atoms with Crippen molar-refractivity contribution in [2.45, 2.75) is 33.2 Å². The average Bonchev–Trinajstić information content (AvgIpc) is 2.74. The van der Waals surface area contributed by atoms with Crippen molar-refractivity contribution in [3.63, 3.8) is 0 Å².